The van der Waals surface area contributed by atoms with E-state index < -0.39 is 12.1 Å². The number of amides is 2. The smallest absolute Gasteiger partial charge is 0.242 e. The van der Waals surface area contributed by atoms with Crippen LogP contribution in [0.4, 0.5) is 5.82 Å². The Balaban J connectivity index is 1.36. The Hall–Kier alpha value is -3.19. The number of pyridine rings is 1. The van der Waals surface area contributed by atoms with Crippen LogP contribution in [-0.2, 0) is 16.0 Å². The molecule has 1 aliphatic carbocycles. The molecule has 5 N–H and O–H groups in total. The zero-order chi connectivity index (χ0) is 21.1. The standard InChI is InChI=1S/C23H27N5O2/c1-14(22(29)28-19-9-8-18-17(19)7-10-21(24)27-18)26-23(30)20-13-16(11-12-25-20)15-5-3-2-4-6-15/h2-7,10,13-14,19-20,25H,8-9,11-12H2,1H3,(H2,24,27)(H,26,30)(H,28,29)/t14-,19?,20+/m0/s1. The maximum Gasteiger partial charge on any atom is 0.242 e. The van der Waals surface area contributed by atoms with Gasteiger partial charge in [0.2, 0.25) is 11.8 Å². The number of nitrogens with zero attached hydrogens (tertiary/aromatic N) is 1. The average molecular weight is 406 g/mol. The maximum absolute atomic E-state index is 12.7. The summed E-state index contributed by atoms with van der Waals surface area (Å²) < 4.78 is 0. The van der Waals surface area contributed by atoms with Gasteiger partial charge in [0.1, 0.15) is 17.9 Å². The van der Waals surface area contributed by atoms with E-state index in [1.165, 1.54) is 0 Å². The molecule has 1 aromatic heterocycles. The molecule has 0 saturated heterocycles. The van der Waals surface area contributed by atoms with Gasteiger partial charge >= 0.3 is 0 Å². The molecule has 0 spiro atoms. The Morgan fingerprint density at radius 2 is 1.97 bits per heavy atom. The monoisotopic (exact) mass is 405 g/mol. The number of hydrogen-bond acceptors (Lipinski definition) is 5. The van der Waals surface area contributed by atoms with Crippen molar-refractivity contribution in [2.45, 2.75) is 44.3 Å². The van der Waals surface area contributed by atoms with E-state index in [1.54, 1.807) is 13.0 Å². The van der Waals surface area contributed by atoms with E-state index in [0.717, 1.165) is 41.7 Å². The molecular weight excluding hydrogens is 378 g/mol. The molecule has 7 nitrogen and oxygen atoms in total. The van der Waals surface area contributed by atoms with Crippen molar-refractivity contribution in [1.29, 1.82) is 0 Å². The quantitative estimate of drug-likeness (QED) is 0.606. The first-order valence-corrected chi connectivity index (χ1v) is 10.4. The van der Waals surface area contributed by atoms with Crippen LogP contribution in [0.5, 0.6) is 0 Å². The van der Waals surface area contributed by atoms with E-state index in [1.807, 2.05) is 42.5 Å². The summed E-state index contributed by atoms with van der Waals surface area (Å²) in [5.41, 5.74) is 9.94. The Morgan fingerprint density at radius 1 is 1.17 bits per heavy atom. The minimum absolute atomic E-state index is 0.0997. The van der Waals surface area contributed by atoms with E-state index in [4.69, 9.17) is 5.73 Å². The molecular formula is C23H27N5O2. The number of fused-ring (bicyclic) bond motifs is 1. The summed E-state index contributed by atoms with van der Waals surface area (Å²) in [6.45, 7) is 2.42. The molecule has 2 aromatic rings. The summed E-state index contributed by atoms with van der Waals surface area (Å²) in [7, 11) is 0. The van der Waals surface area contributed by atoms with Crippen molar-refractivity contribution < 1.29 is 9.59 Å². The average Bonchev–Trinajstić information content (AvgIpc) is 3.16. The van der Waals surface area contributed by atoms with Crippen molar-refractivity contribution in [1.82, 2.24) is 20.9 Å². The van der Waals surface area contributed by atoms with Gasteiger partial charge in [0, 0.05) is 12.2 Å². The molecule has 156 valence electrons. The van der Waals surface area contributed by atoms with Gasteiger partial charge in [0.25, 0.3) is 0 Å². The third-order valence-corrected chi connectivity index (χ3v) is 5.70. The second-order valence-corrected chi connectivity index (χ2v) is 7.84. The van der Waals surface area contributed by atoms with Crippen molar-refractivity contribution in [2.75, 3.05) is 12.3 Å². The van der Waals surface area contributed by atoms with Gasteiger partial charge in [-0.3, -0.25) is 9.59 Å². The van der Waals surface area contributed by atoms with Gasteiger partial charge in [-0.1, -0.05) is 42.5 Å². The van der Waals surface area contributed by atoms with Crippen molar-refractivity contribution in [3.05, 3.63) is 65.4 Å². The van der Waals surface area contributed by atoms with E-state index in [9.17, 15) is 9.59 Å². The molecule has 1 aromatic carbocycles. The number of aryl methyl sites for hydroxylation is 1. The van der Waals surface area contributed by atoms with Crippen molar-refractivity contribution in [3.8, 4) is 0 Å². The first kappa shape index (κ1) is 20.1. The van der Waals surface area contributed by atoms with Crippen molar-refractivity contribution in [3.63, 3.8) is 0 Å². The first-order valence-electron chi connectivity index (χ1n) is 10.4. The maximum atomic E-state index is 12.7. The minimum atomic E-state index is -0.638. The molecule has 0 radical (unpaired) electrons. The molecule has 1 aliphatic heterocycles. The lowest BCUT2D eigenvalue weighted by molar-refractivity contribution is -0.129. The summed E-state index contributed by atoms with van der Waals surface area (Å²) in [6, 6.07) is 12.5. The number of carbonyl (C=O) groups excluding carboxylic acids is 2. The lowest BCUT2D eigenvalue weighted by Crippen LogP contribution is -2.52. The Kier molecular flexibility index (Phi) is 5.81. The van der Waals surface area contributed by atoms with Crippen LogP contribution < -0.4 is 21.7 Å². The van der Waals surface area contributed by atoms with Crippen molar-refractivity contribution >= 4 is 23.2 Å². The minimum Gasteiger partial charge on any atom is -0.384 e. The Labute approximate surface area is 176 Å². The zero-order valence-corrected chi connectivity index (χ0v) is 17.0. The van der Waals surface area contributed by atoms with Crippen LogP contribution in [0.25, 0.3) is 5.57 Å². The fraction of sp³-hybridized carbons (Fsp3) is 0.348. The molecule has 7 heteroatoms. The van der Waals surface area contributed by atoms with Crippen LogP contribution >= 0.6 is 0 Å². The fourth-order valence-corrected chi connectivity index (χ4v) is 4.07. The highest BCUT2D eigenvalue weighted by molar-refractivity contribution is 5.92. The van der Waals surface area contributed by atoms with Crippen LogP contribution in [0.1, 0.15) is 42.6 Å². The highest BCUT2D eigenvalue weighted by atomic mass is 16.2. The molecule has 2 heterocycles. The van der Waals surface area contributed by atoms with Crippen LogP contribution in [0.15, 0.2) is 48.5 Å². The number of nitrogens with one attached hydrogen (secondary N) is 3. The normalized spacial score (nSPS) is 21.3. The van der Waals surface area contributed by atoms with Crippen LogP contribution in [0, 0.1) is 0 Å². The van der Waals surface area contributed by atoms with Gasteiger partial charge in [-0.25, -0.2) is 4.98 Å². The number of anilines is 1. The highest BCUT2D eigenvalue weighted by Gasteiger charge is 2.28. The number of carbonyl (C=O) groups is 2. The van der Waals surface area contributed by atoms with E-state index in [2.05, 4.69) is 20.9 Å². The molecule has 30 heavy (non-hydrogen) atoms. The third kappa shape index (κ3) is 4.36. The van der Waals surface area contributed by atoms with E-state index in [0.29, 0.717) is 12.4 Å². The molecule has 1 unspecified atom stereocenters. The molecule has 0 fully saturated rings. The van der Waals surface area contributed by atoms with Gasteiger partial charge in [-0.15, -0.1) is 0 Å². The van der Waals surface area contributed by atoms with Gasteiger partial charge in [-0.2, -0.15) is 0 Å². The predicted octanol–water partition coefficient (Wildman–Crippen LogP) is 1.72. The lowest BCUT2D eigenvalue weighted by Gasteiger charge is -2.24. The number of nitrogens with two attached hydrogens (primary N) is 1. The fourth-order valence-electron chi connectivity index (χ4n) is 4.07. The number of nitrogen functional groups attached to an aromatic ring is 1. The van der Waals surface area contributed by atoms with Crippen molar-refractivity contribution in [2.24, 2.45) is 0 Å². The van der Waals surface area contributed by atoms with E-state index in [-0.39, 0.29) is 17.9 Å². The van der Waals surface area contributed by atoms with Gasteiger partial charge in [0.05, 0.1) is 6.04 Å². The van der Waals surface area contributed by atoms with Gasteiger partial charge in [0.15, 0.2) is 0 Å². The SMILES string of the molecule is C[C@H](NC(=O)[C@H]1C=C(c2ccccc2)CCN1)C(=O)NC1CCc2nc(N)ccc21. The lowest BCUT2D eigenvalue weighted by atomic mass is 9.97. The summed E-state index contributed by atoms with van der Waals surface area (Å²) in [4.78, 5) is 29.8. The number of rotatable bonds is 5. The largest absolute Gasteiger partial charge is 0.384 e. The van der Waals surface area contributed by atoms with Crippen LogP contribution in [-0.4, -0.2) is 35.4 Å². The van der Waals surface area contributed by atoms with Crippen LogP contribution in [0.3, 0.4) is 0 Å². The molecule has 4 rings (SSSR count). The molecule has 0 bridgehead atoms. The van der Waals surface area contributed by atoms with Gasteiger partial charge in [-0.05, 0) is 49.0 Å². The summed E-state index contributed by atoms with van der Waals surface area (Å²) in [5.74, 6) is 0.0809. The molecule has 2 aliphatic rings. The number of benzene rings is 1. The summed E-state index contributed by atoms with van der Waals surface area (Å²) in [5, 5.41) is 9.08. The number of hydrogen-bond donors (Lipinski definition) is 4. The van der Waals surface area contributed by atoms with Gasteiger partial charge < -0.3 is 21.7 Å². The predicted molar refractivity (Wildman–Crippen MR) is 116 cm³/mol. The third-order valence-electron chi connectivity index (χ3n) is 5.70. The number of aromatic nitrogens is 1. The highest BCUT2D eigenvalue weighted by Crippen LogP contribution is 2.30. The zero-order valence-electron chi connectivity index (χ0n) is 17.0. The second kappa shape index (κ2) is 8.67. The molecule has 2 amide bonds. The summed E-state index contributed by atoms with van der Waals surface area (Å²) in [6.07, 6.45) is 4.38. The molecule has 3 atom stereocenters. The Morgan fingerprint density at radius 3 is 2.77 bits per heavy atom. The van der Waals surface area contributed by atoms with Crippen LogP contribution in [0.2, 0.25) is 0 Å². The van der Waals surface area contributed by atoms with E-state index >= 15 is 0 Å². The molecule has 0 saturated carbocycles. The second-order valence-electron chi connectivity index (χ2n) is 7.84. The first-order chi connectivity index (χ1) is 14.5. The topological polar surface area (TPSA) is 109 Å². The Bertz CT molecular complexity index is 973. The summed E-state index contributed by atoms with van der Waals surface area (Å²) >= 11 is 0.